The highest BCUT2D eigenvalue weighted by molar-refractivity contribution is 6.02. The van der Waals surface area contributed by atoms with Crippen LogP contribution in [0.15, 0.2) is 78.9 Å². The average molecular weight is 546 g/mol. The Balaban J connectivity index is 1.55. The quantitative estimate of drug-likeness (QED) is 0.342. The minimum Gasteiger partial charge on any atom is -0.487 e. The zero-order valence-corrected chi connectivity index (χ0v) is 22.8. The van der Waals surface area contributed by atoms with E-state index in [-0.39, 0.29) is 36.6 Å². The van der Waals surface area contributed by atoms with Crippen LogP contribution in [0.4, 0.5) is 26.7 Å². The van der Waals surface area contributed by atoms with Gasteiger partial charge in [-0.15, -0.1) is 0 Å². The van der Waals surface area contributed by atoms with Crippen LogP contribution in [0.5, 0.6) is 5.75 Å². The number of carbonyl (C=O) groups excluding carboxylic acids is 3. The second kappa shape index (κ2) is 13.0. The van der Waals surface area contributed by atoms with E-state index in [4.69, 9.17) is 4.74 Å². The van der Waals surface area contributed by atoms with E-state index >= 15 is 0 Å². The Morgan fingerprint density at radius 3 is 2.20 bits per heavy atom. The summed E-state index contributed by atoms with van der Waals surface area (Å²) < 4.78 is 6.35. The van der Waals surface area contributed by atoms with Crippen molar-refractivity contribution in [3.63, 3.8) is 0 Å². The van der Waals surface area contributed by atoms with Crippen molar-refractivity contribution in [1.29, 1.82) is 0 Å². The maximum atomic E-state index is 13.6. The number of nitrogens with zero attached hydrogens (tertiary/aromatic N) is 2. The molecule has 10 nitrogen and oxygen atoms in total. The van der Waals surface area contributed by atoms with E-state index in [9.17, 15) is 19.5 Å². The topological polar surface area (TPSA) is 123 Å². The third-order valence-corrected chi connectivity index (χ3v) is 6.78. The van der Waals surface area contributed by atoms with Crippen molar-refractivity contribution in [3.8, 4) is 5.75 Å². The van der Waals surface area contributed by atoms with E-state index in [0.29, 0.717) is 29.4 Å². The van der Waals surface area contributed by atoms with Gasteiger partial charge in [0.1, 0.15) is 11.9 Å². The fourth-order valence-electron chi connectivity index (χ4n) is 4.43. The van der Waals surface area contributed by atoms with Gasteiger partial charge >= 0.3 is 12.1 Å². The highest BCUT2D eigenvalue weighted by Crippen LogP contribution is 2.31. The summed E-state index contributed by atoms with van der Waals surface area (Å²) in [7, 11) is 1.69. The molecule has 0 aliphatic carbocycles. The van der Waals surface area contributed by atoms with Crippen molar-refractivity contribution < 1.29 is 24.2 Å². The number of nitrogens with one attached hydrogen (secondary N) is 3. The summed E-state index contributed by atoms with van der Waals surface area (Å²) in [6, 6.07) is 21.9. The van der Waals surface area contributed by atoms with Crippen LogP contribution in [0.2, 0.25) is 0 Å². The molecule has 3 aromatic rings. The number of fused-ring (bicyclic) bond motifs is 1. The molecule has 1 aliphatic rings. The van der Waals surface area contributed by atoms with Crippen molar-refractivity contribution in [2.45, 2.75) is 26.0 Å². The molecule has 1 aliphatic heterocycles. The first-order valence-electron chi connectivity index (χ1n) is 13.2. The molecule has 0 fully saturated rings. The van der Waals surface area contributed by atoms with Crippen LogP contribution in [0, 0.1) is 5.92 Å². The number of benzene rings is 3. The summed E-state index contributed by atoms with van der Waals surface area (Å²) in [5.41, 5.74) is 1.98. The normalized spacial score (nSPS) is 17.4. The maximum Gasteiger partial charge on any atom is 0.323 e. The predicted molar refractivity (Wildman–Crippen MR) is 155 cm³/mol. The first-order chi connectivity index (χ1) is 19.2. The van der Waals surface area contributed by atoms with Crippen LogP contribution < -0.4 is 20.7 Å². The minimum absolute atomic E-state index is 0.160. The standard InChI is InChI=1S/C30H35N5O5/c1-20-17-35(21(2)19-36)28(37)25-16-24(32-29(38)31-22-10-6-4-7-11-22)14-15-26(25)40-27(20)18-34(3)30(39)33-23-12-8-5-9-13-23/h4-16,20-21,27,36H,17-19H2,1-3H3,(H,33,39)(H2,31,32,38)/t20-,21-,27+/m1/s1. The third-order valence-electron chi connectivity index (χ3n) is 6.78. The van der Waals surface area contributed by atoms with E-state index in [1.807, 2.05) is 55.5 Å². The Kier molecular flexibility index (Phi) is 9.23. The molecule has 5 amide bonds. The maximum absolute atomic E-state index is 13.6. The molecule has 0 aromatic heterocycles. The lowest BCUT2D eigenvalue weighted by Gasteiger charge is -2.38. The van der Waals surface area contributed by atoms with Crippen LogP contribution in [-0.4, -0.2) is 71.8 Å². The largest absolute Gasteiger partial charge is 0.487 e. The molecule has 0 spiro atoms. The average Bonchev–Trinajstić information content (AvgIpc) is 2.95. The molecule has 4 rings (SSSR count). The first-order valence-corrected chi connectivity index (χ1v) is 13.2. The van der Waals surface area contributed by atoms with Gasteiger partial charge in [-0.1, -0.05) is 43.3 Å². The predicted octanol–water partition coefficient (Wildman–Crippen LogP) is 4.71. The van der Waals surface area contributed by atoms with Gasteiger partial charge in [-0.2, -0.15) is 0 Å². The zero-order valence-electron chi connectivity index (χ0n) is 22.8. The molecule has 0 saturated carbocycles. The number of urea groups is 2. The summed E-state index contributed by atoms with van der Waals surface area (Å²) in [6.45, 7) is 4.08. The van der Waals surface area contributed by atoms with Crippen molar-refractivity contribution in [1.82, 2.24) is 9.80 Å². The molecule has 3 aromatic carbocycles. The number of hydrogen-bond acceptors (Lipinski definition) is 5. The molecule has 3 atom stereocenters. The number of rotatable bonds is 7. The van der Waals surface area contributed by atoms with Gasteiger partial charge in [0.15, 0.2) is 0 Å². The number of anilines is 3. The van der Waals surface area contributed by atoms with Crippen LogP contribution >= 0.6 is 0 Å². The third kappa shape index (κ3) is 7.09. The lowest BCUT2D eigenvalue weighted by Crippen LogP contribution is -2.50. The number of aliphatic hydroxyl groups excluding tert-OH is 1. The van der Waals surface area contributed by atoms with E-state index in [2.05, 4.69) is 16.0 Å². The van der Waals surface area contributed by atoms with E-state index in [1.54, 1.807) is 54.1 Å². The van der Waals surface area contributed by atoms with Gasteiger partial charge in [0.2, 0.25) is 0 Å². The molecule has 0 radical (unpaired) electrons. The fourth-order valence-corrected chi connectivity index (χ4v) is 4.43. The van der Waals surface area contributed by atoms with Gasteiger partial charge in [-0.3, -0.25) is 4.79 Å². The van der Waals surface area contributed by atoms with Crippen LogP contribution in [0.3, 0.4) is 0 Å². The number of carbonyl (C=O) groups is 3. The van der Waals surface area contributed by atoms with Crippen molar-refractivity contribution in [3.05, 3.63) is 84.4 Å². The molecule has 10 heteroatoms. The molecule has 0 unspecified atom stereocenters. The Morgan fingerprint density at radius 2 is 1.57 bits per heavy atom. The first kappa shape index (κ1) is 28.4. The van der Waals surface area contributed by atoms with Gasteiger partial charge in [0.05, 0.1) is 24.8 Å². The molecule has 0 saturated heterocycles. The van der Waals surface area contributed by atoms with Crippen LogP contribution in [0.25, 0.3) is 0 Å². The fraction of sp³-hybridized carbons (Fsp3) is 0.300. The zero-order chi connectivity index (χ0) is 28.6. The SMILES string of the molecule is C[C@@H]1CN([C@H](C)CO)C(=O)c2cc(NC(=O)Nc3ccccc3)ccc2O[C@H]1CN(C)C(=O)Nc1ccccc1. The van der Waals surface area contributed by atoms with Gasteiger partial charge in [0, 0.05) is 36.6 Å². The molecule has 0 bridgehead atoms. The summed E-state index contributed by atoms with van der Waals surface area (Å²) >= 11 is 0. The monoisotopic (exact) mass is 545 g/mol. The second-order valence-electron chi connectivity index (χ2n) is 9.96. The Labute approximate surface area is 233 Å². The van der Waals surface area contributed by atoms with Crippen LogP contribution in [0.1, 0.15) is 24.2 Å². The Morgan fingerprint density at radius 1 is 0.975 bits per heavy atom. The smallest absolute Gasteiger partial charge is 0.323 e. The summed E-state index contributed by atoms with van der Waals surface area (Å²) in [4.78, 5) is 42.2. The Bertz CT molecular complexity index is 1320. The number of para-hydroxylation sites is 2. The number of aliphatic hydroxyl groups is 1. The van der Waals surface area contributed by atoms with Crippen molar-refractivity contribution >= 4 is 35.0 Å². The Hall–Kier alpha value is -4.57. The van der Waals surface area contributed by atoms with Gasteiger partial charge < -0.3 is 35.6 Å². The highest BCUT2D eigenvalue weighted by Gasteiger charge is 2.34. The number of ether oxygens (including phenoxy) is 1. The molecular formula is C30H35N5O5. The van der Waals surface area contributed by atoms with E-state index in [1.165, 1.54) is 0 Å². The molecular weight excluding hydrogens is 510 g/mol. The van der Waals surface area contributed by atoms with E-state index in [0.717, 1.165) is 0 Å². The van der Waals surface area contributed by atoms with Gasteiger partial charge in [-0.25, -0.2) is 9.59 Å². The summed E-state index contributed by atoms with van der Waals surface area (Å²) in [5, 5.41) is 18.3. The molecule has 1 heterocycles. The number of likely N-dealkylation sites (N-methyl/N-ethyl adjacent to an activating group) is 1. The highest BCUT2D eigenvalue weighted by atomic mass is 16.5. The number of hydrogen-bond donors (Lipinski definition) is 4. The lowest BCUT2D eigenvalue weighted by atomic mass is 9.99. The van der Waals surface area contributed by atoms with E-state index < -0.39 is 18.2 Å². The molecule has 210 valence electrons. The van der Waals surface area contributed by atoms with Crippen LogP contribution in [-0.2, 0) is 0 Å². The number of amides is 5. The summed E-state index contributed by atoms with van der Waals surface area (Å²) in [6.07, 6.45) is -0.452. The second-order valence-corrected chi connectivity index (χ2v) is 9.96. The lowest BCUT2D eigenvalue weighted by molar-refractivity contribution is 0.0371. The summed E-state index contributed by atoms with van der Waals surface area (Å²) in [5.74, 6) is -0.140. The van der Waals surface area contributed by atoms with Gasteiger partial charge in [0.25, 0.3) is 5.91 Å². The van der Waals surface area contributed by atoms with Crippen molar-refractivity contribution in [2.24, 2.45) is 5.92 Å². The molecule has 40 heavy (non-hydrogen) atoms. The minimum atomic E-state index is -0.455. The van der Waals surface area contributed by atoms with Gasteiger partial charge in [-0.05, 0) is 49.4 Å². The van der Waals surface area contributed by atoms with Crippen molar-refractivity contribution in [2.75, 3.05) is 42.7 Å². The molecule has 4 N–H and O–H groups in total.